The number of nitriles is 1. The zero-order valence-corrected chi connectivity index (χ0v) is 8.73. The minimum Gasteiger partial charge on any atom is -0.339 e. The van der Waals surface area contributed by atoms with E-state index in [0.29, 0.717) is 16.1 Å². The minimum absolute atomic E-state index is 0.0441. The number of hydrogen-bond donors (Lipinski definition) is 1. The van der Waals surface area contributed by atoms with Gasteiger partial charge in [-0.2, -0.15) is 5.26 Å². The summed E-state index contributed by atoms with van der Waals surface area (Å²) in [6.45, 7) is 1.64. The summed E-state index contributed by atoms with van der Waals surface area (Å²) in [4.78, 5) is 10.6. The van der Waals surface area contributed by atoms with Crippen molar-refractivity contribution in [3.05, 3.63) is 34.1 Å². The van der Waals surface area contributed by atoms with Crippen LogP contribution in [0.1, 0.15) is 11.1 Å². The number of aryl methyl sites for hydroxylation is 1. The largest absolute Gasteiger partial charge is 0.339 e. The Bertz CT molecular complexity index is 440. The van der Waals surface area contributed by atoms with Gasteiger partial charge in [0.1, 0.15) is 5.82 Å². The van der Waals surface area contributed by atoms with Gasteiger partial charge in [0.2, 0.25) is 0 Å². The molecular formula is C10H8ClFN2O. The van der Waals surface area contributed by atoms with Gasteiger partial charge in [0.25, 0.3) is 0 Å². The highest BCUT2D eigenvalue weighted by Crippen LogP contribution is 2.20. The van der Waals surface area contributed by atoms with Crippen LogP contribution in [0.4, 0.5) is 4.39 Å². The molecule has 0 bridgehead atoms. The topological polar surface area (TPSA) is 52.9 Å². The highest BCUT2D eigenvalue weighted by Gasteiger charge is 2.06. The van der Waals surface area contributed by atoms with Crippen molar-refractivity contribution in [2.75, 3.05) is 0 Å². The van der Waals surface area contributed by atoms with Crippen molar-refractivity contribution >= 4 is 17.5 Å². The molecule has 1 aromatic carbocycles. The maximum Gasteiger partial charge on any atom is 0.322 e. The zero-order chi connectivity index (χ0) is 11.4. The molecule has 15 heavy (non-hydrogen) atoms. The quantitative estimate of drug-likeness (QED) is 0.784. The third-order valence-electron chi connectivity index (χ3n) is 1.87. The molecule has 0 radical (unpaired) electrons. The van der Waals surface area contributed by atoms with Gasteiger partial charge in [-0.1, -0.05) is 11.6 Å². The normalized spacial score (nSPS) is 9.47. The number of amides is 1. The van der Waals surface area contributed by atoms with Crippen LogP contribution in [0.2, 0.25) is 5.02 Å². The standard InChI is InChI=1S/C10H8ClFN2O/c1-6-2-8(11)7(3-9(6)12)5-14-10(15)4-13/h2-3H,5H2,1H3,(H,14,15). The molecule has 1 aromatic rings. The van der Waals surface area contributed by atoms with E-state index in [4.69, 9.17) is 16.9 Å². The first-order valence-electron chi connectivity index (χ1n) is 4.17. The lowest BCUT2D eigenvalue weighted by Gasteiger charge is -2.06. The molecule has 0 aromatic heterocycles. The number of benzene rings is 1. The number of carbonyl (C=O) groups is 1. The lowest BCUT2D eigenvalue weighted by atomic mass is 10.1. The summed E-state index contributed by atoms with van der Waals surface area (Å²) in [5.41, 5.74) is 0.888. The van der Waals surface area contributed by atoms with Crippen molar-refractivity contribution in [3.63, 3.8) is 0 Å². The van der Waals surface area contributed by atoms with Crippen LogP contribution in [0.3, 0.4) is 0 Å². The molecule has 3 nitrogen and oxygen atoms in total. The Labute approximate surface area is 91.5 Å². The van der Waals surface area contributed by atoms with Crippen LogP contribution in [-0.2, 0) is 11.3 Å². The first kappa shape index (κ1) is 11.5. The van der Waals surface area contributed by atoms with Crippen molar-refractivity contribution in [1.82, 2.24) is 5.32 Å². The molecule has 0 unspecified atom stereocenters. The fourth-order valence-corrected chi connectivity index (χ4v) is 1.32. The average molecular weight is 227 g/mol. The number of hydrogen-bond acceptors (Lipinski definition) is 2. The van der Waals surface area contributed by atoms with Crippen molar-refractivity contribution in [3.8, 4) is 6.07 Å². The maximum atomic E-state index is 13.1. The summed E-state index contributed by atoms with van der Waals surface area (Å²) >= 11 is 5.83. The van der Waals surface area contributed by atoms with E-state index in [1.54, 1.807) is 6.92 Å². The summed E-state index contributed by atoms with van der Waals surface area (Å²) in [7, 11) is 0. The summed E-state index contributed by atoms with van der Waals surface area (Å²) in [5.74, 6) is -1.16. The van der Waals surface area contributed by atoms with E-state index < -0.39 is 5.91 Å². The molecule has 1 amide bonds. The SMILES string of the molecule is Cc1cc(Cl)c(CNC(=O)C#N)cc1F. The molecule has 0 spiro atoms. The summed E-state index contributed by atoms with van der Waals surface area (Å²) < 4.78 is 13.1. The second-order valence-electron chi connectivity index (χ2n) is 2.99. The number of carbonyl (C=O) groups excluding carboxylic acids is 1. The van der Waals surface area contributed by atoms with Crippen LogP contribution in [0.5, 0.6) is 0 Å². The van der Waals surface area contributed by atoms with Crippen molar-refractivity contribution in [1.29, 1.82) is 5.26 Å². The summed E-state index contributed by atoms with van der Waals surface area (Å²) in [5, 5.41) is 10.9. The zero-order valence-electron chi connectivity index (χ0n) is 7.97. The maximum absolute atomic E-state index is 13.1. The molecule has 0 fully saturated rings. The van der Waals surface area contributed by atoms with Crippen LogP contribution in [-0.4, -0.2) is 5.91 Å². The molecule has 1 rings (SSSR count). The van der Waals surface area contributed by atoms with E-state index in [-0.39, 0.29) is 12.4 Å². The Balaban J connectivity index is 2.83. The van der Waals surface area contributed by atoms with Gasteiger partial charge >= 0.3 is 5.91 Å². The Kier molecular flexibility index (Phi) is 3.64. The average Bonchev–Trinajstić information content (AvgIpc) is 2.21. The minimum atomic E-state index is -0.771. The smallest absolute Gasteiger partial charge is 0.322 e. The van der Waals surface area contributed by atoms with E-state index in [0.717, 1.165) is 0 Å². The molecule has 5 heteroatoms. The van der Waals surface area contributed by atoms with Crippen molar-refractivity contribution < 1.29 is 9.18 Å². The van der Waals surface area contributed by atoms with Gasteiger partial charge in [-0.25, -0.2) is 4.39 Å². The number of nitrogens with zero attached hydrogens (tertiary/aromatic N) is 1. The van der Waals surface area contributed by atoms with Crippen LogP contribution >= 0.6 is 11.6 Å². The van der Waals surface area contributed by atoms with Gasteiger partial charge in [-0.05, 0) is 30.2 Å². The highest BCUT2D eigenvalue weighted by atomic mass is 35.5. The van der Waals surface area contributed by atoms with Crippen LogP contribution < -0.4 is 5.32 Å². The molecule has 0 aliphatic rings. The lowest BCUT2D eigenvalue weighted by molar-refractivity contribution is -0.116. The van der Waals surface area contributed by atoms with E-state index in [1.165, 1.54) is 18.2 Å². The molecular weight excluding hydrogens is 219 g/mol. The number of rotatable bonds is 2. The molecule has 0 saturated heterocycles. The number of nitrogens with one attached hydrogen (secondary N) is 1. The van der Waals surface area contributed by atoms with E-state index in [1.807, 2.05) is 0 Å². The highest BCUT2D eigenvalue weighted by molar-refractivity contribution is 6.31. The molecule has 0 aliphatic carbocycles. The first-order valence-corrected chi connectivity index (χ1v) is 4.55. The Morgan fingerprint density at radius 3 is 2.93 bits per heavy atom. The summed E-state index contributed by atoms with van der Waals surface area (Å²) in [6, 6.07) is 4.12. The Morgan fingerprint density at radius 1 is 1.67 bits per heavy atom. The molecule has 0 saturated carbocycles. The van der Waals surface area contributed by atoms with Crippen LogP contribution in [0.25, 0.3) is 0 Å². The Morgan fingerprint density at radius 2 is 2.33 bits per heavy atom. The molecule has 78 valence electrons. The van der Waals surface area contributed by atoms with Crippen LogP contribution in [0, 0.1) is 24.1 Å². The van der Waals surface area contributed by atoms with E-state index in [9.17, 15) is 9.18 Å². The summed E-state index contributed by atoms with van der Waals surface area (Å²) in [6.07, 6.45) is 0. The van der Waals surface area contributed by atoms with E-state index >= 15 is 0 Å². The molecule has 0 atom stereocenters. The predicted molar refractivity (Wildman–Crippen MR) is 53.6 cm³/mol. The van der Waals surface area contributed by atoms with Gasteiger partial charge in [0.05, 0.1) is 0 Å². The predicted octanol–water partition coefficient (Wildman–Crippen LogP) is 1.93. The van der Waals surface area contributed by atoms with Crippen molar-refractivity contribution in [2.24, 2.45) is 0 Å². The molecule has 0 heterocycles. The molecule has 1 N–H and O–H groups in total. The fraction of sp³-hybridized carbons (Fsp3) is 0.200. The van der Waals surface area contributed by atoms with E-state index in [2.05, 4.69) is 5.32 Å². The first-order chi connectivity index (χ1) is 7.04. The third kappa shape index (κ3) is 2.93. The molecule has 0 aliphatic heterocycles. The van der Waals surface area contributed by atoms with Gasteiger partial charge in [-0.3, -0.25) is 4.79 Å². The Hall–Kier alpha value is -1.60. The second-order valence-corrected chi connectivity index (χ2v) is 3.39. The van der Waals surface area contributed by atoms with Gasteiger partial charge < -0.3 is 5.32 Å². The lowest BCUT2D eigenvalue weighted by Crippen LogP contribution is -2.20. The van der Waals surface area contributed by atoms with Crippen LogP contribution in [0.15, 0.2) is 12.1 Å². The second kappa shape index (κ2) is 4.76. The van der Waals surface area contributed by atoms with Gasteiger partial charge in [0.15, 0.2) is 6.07 Å². The van der Waals surface area contributed by atoms with Gasteiger partial charge in [-0.15, -0.1) is 0 Å². The fourth-order valence-electron chi connectivity index (χ4n) is 1.04. The van der Waals surface area contributed by atoms with Crippen molar-refractivity contribution in [2.45, 2.75) is 13.5 Å². The van der Waals surface area contributed by atoms with Gasteiger partial charge in [0, 0.05) is 11.6 Å². The number of halogens is 2. The monoisotopic (exact) mass is 226 g/mol. The third-order valence-corrected chi connectivity index (χ3v) is 2.22.